The minimum Gasteiger partial charge on any atom is -0.493 e. The van der Waals surface area contributed by atoms with Crippen molar-refractivity contribution in [3.05, 3.63) is 53.3 Å². The van der Waals surface area contributed by atoms with Crippen LogP contribution in [0, 0.1) is 6.07 Å². The van der Waals surface area contributed by atoms with E-state index in [1.807, 2.05) is 25.3 Å². The number of ether oxygens (including phenoxy) is 2. The van der Waals surface area contributed by atoms with Crippen LogP contribution in [-0.2, 0) is 19.3 Å². The van der Waals surface area contributed by atoms with Crippen molar-refractivity contribution in [1.29, 1.82) is 0 Å². The van der Waals surface area contributed by atoms with Gasteiger partial charge in [-0.2, -0.15) is 0 Å². The number of rotatable bonds is 8. The molecule has 2 rings (SSSR count). The Kier molecular flexibility index (Phi) is 6.26. The van der Waals surface area contributed by atoms with Crippen LogP contribution in [0.25, 0.3) is 0 Å². The third-order valence-corrected chi connectivity index (χ3v) is 3.57. The van der Waals surface area contributed by atoms with Gasteiger partial charge in [0.2, 0.25) is 0 Å². The Hall–Kier alpha value is -2.03. The van der Waals surface area contributed by atoms with Gasteiger partial charge in [0.1, 0.15) is 11.5 Å². The molecule has 0 aliphatic heterocycles. The zero-order chi connectivity index (χ0) is 15.8. The molecule has 0 unspecified atom stereocenters. The van der Waals surface area contributed by atoms with E-state index in [1.165, 1.54) is 5.56 Å². The molecule has 22 heavy (non-hydrogen) atoms. The van der Waals surface area contributed by atoms with E-state index in [0.717, 1.165) is 42.0 Å². The van der Waals surface area contributed by atoms with Crippen molar-refractivity contribution in [1.82, 2.24) is 4.98 Å². The first-order valence-corrected chi connectivity index (χ1v) is 8.01. The molecule has 2 aromatic rings. The fraction of sp³-hybridized carbons (Fsp3) is 0.421. The molecule has 0 aliphatic carbocycles. The van der Waals surface area contributed by atoms with Crippen LogP contribution < -0.4 is 9.47 Å². The van der Waals surface area contributed by atoms with Gasteiger partial charge in [-0.05, 0) is 43.5 Å². The zero-order valence-electron chi connectivity index (χ0n) is 13.7. The highest BCUT2D eigenvalue weighted by Gasteiger charge is 2.09. The van der Waals surface area contributed by atoms with Crippen molar-refractivity contribution in [3.63, 3.8) is 0 Å². The fourth-order valence-corrected chi connectivity index (χ4v) is 2.31. The number of aryl methyl sites for hydroxylation is 1. The summed E-state index contributed by atoms with van der Waals surface area (Å²) < 4.78 is 11.5. The average Bonchev–Trinajstić information content (AvgIpc) is 2.56. The van der Waals surface area contributed by atoms with Crippen LogP contribution in [0.15, 0.2) is 30.5 Å². The molecule has 0 N–H and O–H groups in total. The quantitative estimate of drug-likeness (QED) is 0.737. The fourth-order valence-electron chi connectivity index (χ4n) is 2.31. The van der Waals surface area contributed by atoms with E-state index in [9.17, 15) is 0 Å². The number of aromatic nitrogens is 1. The Bertz CT molecular complexity index is 578. The minimum atomic E-state index is 0.612. The Morgan fingerprint density at radius 2 is 1.91 bits per heavy atom. The molecule has 0 bridgehead atoms. The van der Waals surface area contributed by atoms with E-state index >= 15 is 0 Å². The average molecular weight is 298 g/mol. The first kappa shape index (κ1) is 16.3. The number of pyridine rings is 1. The number of hydrogen-bond acceptors (Lipinski definition) is 3. The van der Waals surface area contributed by atoms with E-state index in [4.69, 9.17) is 9.47 Å². The second-order valence-corrected chi connectivity index (χ2v) is 5.05. The number of hydrogen-bond donors (Lipinski definition) is 0. The van der Waals surface area contributed by atoms with Crippen molar-refractivity contribution in [2.45, 2.75) is 40.0 Å². The third kappa shape index (κ3) is 4.23. The summed E-state index contributed by atoms with van der Waals surface area (Å²) in [6, 6.07) is 11.1. The van der Waals surface area contributed by atoms with Crippen LogP contribution in [0.3, 0.4) is 0 Å². The summed E-state index contributed by atoms with van der Waals surface area (Å²) in [5, 5.41) is 0. The van der Waals surface area contributed by atoms with E-state index < -0.39 is 0 Å². The lowest BCUT2D eigenvalue weighted by molar-refractivity contribution is 0.305. The molecule has 117 valence electrons. The molecule has 0 spiro atoms. The van der Waals surface area contributed by atoms with Crippen LogP contribution in [0.1, 0.15) is 37.6 Å². The molecule has 1 radical (unpaired) electrons. The molecule has 1 aromatic heterocycles. The maximum Gasteiger partial charge on any atom is 0.134 e. The predicted molar refractivity (Wildman–Crippen MR) is 88.6 cm³/mol. The lowest BCUT2D eigenvalue weighted by atomic mass is 10.1. The summed E-state index contributed by atoms with van der Waals surface area (Å²) in [5.41, 5.74) is 3.40. The summed E-state index contributed by atoms with van der Waals surface area (Å²) in [7, 11) is 0. The van der Waals surface area contributed by atoms with Crippen LogP contribution in [0.2, 0.25) is 0 Å². The molecule has 0 saturated heterocycles. The lowest BCUT2D eigenvalue weighted by Crippen LogP contribution is -2.06. The molecule has 0 saturated carbocycles. The van der Waals surface area contributed by atoms with Gasteiger partial charge in [0.15, 0.2) is 0 Å². The van der Waals surface area contributed by atoms with Gasteiger partial charge in [0, 0.05) is 29.9 Å². The van der Waals surface area contributed by atoms with Crippen LogP contribution in [0.4, 0.5) is 0 Å². The maximum atomic E-state index is 5.94. The van der Waals surface area contributed by atoms with Gasteiger partial charge in [-0.25, -0.2) is 0 Å². The Morgan fingerprint density at radius 1 is 1.05 bits per heavy atom. The van der Waals surface area contributed by atoms with Crippen molar-refractivity contribution in [2.75, 3.05) is 13.2 Å². The van der Waals surface area contributed by atoms with Gasteiger partial charge in [-0.1, -0.05) is 19.9 Å². The van der Waals surface area contributed by atoms with Gasteiger partial charge in [0.05, 0.1) is 13.2 Å². The van der Waals surface area contributed by atoms with Crippen molar-refractivity contribution in [2.24, 2.45) is 0 Å². The predicted octanol–water partition coefficient (Wildman–Crippen LogP) is 4.03. The lowest BCUT2D eigenvalue weighted by Gasteiger charge is -2.14. The Labute approximate surface area is 133 Å². The first-order valence-electron chi connectivity index (χ1n) is 8.01. The van der Waals surface area contributed by atoms with E-state index in [-0.39, 0.29) is 0 Å². The number of nitrogens with zero attached hydrogens (tertiary/aromatic N) is 1. The smallest absolute Gasteiger partial charge is 0.134 e. The molecule has 1 aromatic carbocycles. The topological polar surface area (TPSA) is 31.4 Å². The van der Waals surface area contributed by atoms with E-state index in [2.05, 4.69) is 37.0 Å². The normalized spacial score (nSPS) is 10.5. The Morgan fingerprint density at radius 3 is 2.55 bits per heavy atom. The standard InChI is InChI=1S/C19H24NO2/c1-4-15-10-11-16(20-14-15)12-13-22-19-9-7-8-18(21-6-3)17(19)5-2/h7,9-11,14H,4-6,12-13H2,1-3H3. The van der Waals surface area contributed by atoms with Crippen molar-refractivity contribution >= 4 is 0 Å². The van der Waals surface area contributed by atoms with Gasteiger partial charge in [-0.15, -0.1) is 0 Å². The molecule has 1 heterocycles. The summed E-state index contributed by atoms with van der Waals surface area (Å²) in [5.74, 6) is 1.68. The van der Waals surface area contributed by atoms with Crippen LogP contribution in [-0.4, -0.2) is 18.2 Å². The first-order chi connectivity index (χ1) is 10.8. The van der Waals surface area contributed by atoms with E-state index in [0.29, 0.717) is 13.2 Å². The highest BCUT2D eigenvalue weighted by atomic mass is 16.5. The second kappa shape index (κ2) is 8.42. The molecule has 0 atom stereocenters. The molecule has 3 nitrogen and oxygen atoms in total. The van der Waals surface area contributed by atoms with Gasteiger partial charge in [0.25, 0.3) is 0 Å². The van der Waals surface area contributed by atoms with Crippen LogP contribution >= 0.6 is 0 Å². The molecular formula is C19H24NO2. The molecule has 0 amide bonds. The highest BCUT2D eigenvalue weighted by molar-refractivity contribution is 5.44. The summed E-state index contributed by atoms with van der Waals surface area (Å²) in [6.07, 6.45) is 4.63. The number of benzene rings is 1. The van der Waals surface area contributed by atoms with Crippen molar-refractivity contribution < 1.29 is 9.47 Å². The minimum absolute atomic E-state index is 0.612. The largest absolute Gasteiger partial charge is 0.493 e. The third-order valence-electron chi connectivity index (χ3n) is 3.57. The Balaban J connectivity index is 1.97. The summed E-state index contributed by atoms with van der Waals surface area (Å²) >= 11 is 0. The van der Waals surface area contributed by atoms with Gasteiger partial charge < -0.3 is 9.47 Å². The molecule has 0 aliphatic rings. The van der Waals surface area contributed by atoms with E-state index in [1.54, 1.807) is 0 Å². The highest BCUT2D eigenvalue weighted by Crippen LogP contribution is 2.28. The van der Waals surface area contributed by atoms with Gasteiger partial charge in [-0.3, -0.25) is 4.98 Å². The SMILES string of the molecule is CCOc1[c]ccc(OCCc2ccc(CC)cn2)c1CC. The summed E-state index contributed by atoms with van der Waals surface area (Å²) in [4.78, 5) is 4.46. The molecule has 3 heteroatoms. The maximum absolute atomic E-state index is 5.94. The van der Waals surface area contributed by atoms with Crippen molar-refractivity contribution in [3.8, 4) is 11.5 Å². The zero-order valence-corrected chi connectivity index (χ0v) is 13.7. The second-order valence-electron chi connectivity index (χ2n) is 5.05. The molecule has 0 fully saturated rings. The molecular weight excluding hydrogens is 274 g/mol. The summed E-state index contributed by atoms with van der Waals surface area (Å²) in [6.45, 7) is 7.46. The van der Waals surface area contributed by atoms with Gasteiger partial charge >= 0.3 is 0 Å². The monoisotopic (exact) mass is 298 g/mol. The van der Waals surface area contributed by atoms with Crippen LogP contribution in [0.5, 0.6) is 11.5 Å².